The van der Waals surface area contributed by atoms with Gasteiger partial charge in [-0.15, -0.1) is 0 Å². The van der Waals surface area contributed by atoms with Crippen LogP contribution in [-0.4, -0.2) is 16.2 Å². The van der Waals surface area contributed by atoms with Gasteiger partial charge in [0.2, 0.25) is 0 Å². The minimum Gasteiger partial charge on any atom is -0.506 e. The van der Waals surface area contributed by atoms with Crippen molar-refractivity contribution in [1.29, 1.82) is 0 Å². The molecule has 82 valence electrons. The summed E-state index contributed by atoms with van der Waals surface area (Å²) in [6, 6.07) is 0.588. The number of phenolic OH excluding ortho intramolecular Hbond substituents is 1. The Balaban J connectivity index is 3.45. The number of phenols is 1. The molecule has 15 heavy (non-hydrogen) atoms. The lowest BCUT2D eigenvalue weighted by Gasteiger charge is -2.11. The maximum atomic E-state index is 13.2. The molecule has 1 rings (SSSR count). The minimum absolute atomic E-state index is 0.419. The topological polar surface area (TPSA) is 57.5 Å². The molecule has 1 aromatic carbocycles. The molecular weight excluding hydrogens is 230 g/mol. The van der Waals surface area contributed by atoms with Crippen LogP contribution in [0.5, 0.6) is 5.75 Å². The normalized spacial score (nSPS) is 12.5. The van der Waals surface area contributed by atoms with Crippen molar-refractivity contribution in [3.8, 4) is 5.75 Å². The summed E-state index contributed by atoms with van der Waals surface area (Å²) in [7, 11) is 0. The van der Waals surface area contributed by atoms with E-state index in [4.69, 9.17) is 16.7 Å². The summed E-state index contributed by atoms with van der Waals surface area (Å²) in [5, 5.41) is 17.5. The summed E-state index contributed by atoms with van der Waals surface area (Å²) in [5.41, 5.74) is -0.646. The second kappa shape index (κ2) is 4.02. The van der Waals surface area contributed by atoms with Gasteiger partial charge in [-0.2, -0.15) is 0 Å². The monoisotopic (exact) mass is 236 g/mol. The molecule has 0 amide bonds. The van der Waals surface area contributed by atoms with Crippen LogP contribution in [0.3, 0.4) is 0 Å². The second-order valence-electron chi connectivity index (χ2n) is 2.98. The molecule has 0 aliphatic heterocycles. The van der Waals surface area contributed by atoms with Gasteiger partial charge in [0.25, 0.3) is 0 Å². The van der Waals surface area contributed by atoms with E-state index in [1.54, 1.807) is 0 Å². The first-order chi connectivity index (χ1) is 6.86. The minimum atomic E-state index is -1.40. The number of carboxylic acid groups (broad SMARTS) is 1. The third kappa shape index (κ3) is 2.02. The van der Waals surface area contributed by atoms with Gasteiger partial charge in [-0.1, -0.05) is 11.6 Å². The molecule has 0 fully saturated rings. The van der Waals surface area contributed by atoms with Crippen molar-refractivity contribution in [2.45, 2.75) is 12.8 Å². The Labute approximate surface area is 88.9 Å². The Hall–Kier alpha value is -1.36. The van der Waals surface area contributed by atoms with E-state index in [0.717, 1.165) is 6.92 Å². The van der Waals surface area contributed by atoms with E-state index >= 15 is 0 Å². The highest BCUT2D eigenvalue weighted by atomic mass is 35.5. The number of carboxylic acids is 1. The SMILES string of the molecule is CC(C(=O)O)c1c(O)c(Cl)cc(F)c1F. The largest absolute Gasteiger partial charge is 0.506 e. The second-order valence-corrected chi connectivity index (χ2v) is 3.38. The zero-order valence-electron chi connectivity index (χ0n) is 7.59. The first kappa shape index (κ1) is 11.7. The van der Waals surface area contributed by atoms with E-state index in [9.17, 15) is 18.7 Å². The van der Waals surface area contributed by atoms with Crippen LogP contribution in [0.15, 0.2) is 6.07 Å². The Morgan fingerprint density at radius 2 is 2.07 bits per heavy atom. The third-order valence-corrected chi connectivity index (χ3v) is 2.27. The Morgan fingerprint density at radius 1 is 1.53 bits per heavy atom. The van der Waals surface area contributed by atoms with E-state index in [2.05, 4.69) is 0 Å². The van der Waals surface area contributed by atoms with Gasteiger partial charge in [0, 0.05) is 5.56 Å². The Kier molecular flexibility index (Phi) is 3.14. The molecule has 0 aliphatic carbocycles. The van der Waals surface area contributed by atoms with E-state index < -0.39 is 39.9 Å². The average molecular weight is 237 g/mol. The highest BCUT2D eigenvalue weighted by Gasteiger charge is 2.26. The lowest BCUT2D eigenvalue weighted by atomic mass is 9.99. The van der Waals surface area contributed by atoms with Crippen LogP contribution in [0.1, 0.15) is 18.4 Å². The molecule has 0 radical (unpaired) electrons. The molecular formula is C9H7ClF2O3. The zero-order valence-corrected chi connectivity index (χ0v) is 8.35. The van der Waals surface area contributed by atoms with Crippen molar-refractivity contribution < 1.29 is 23.8 Å². The number of halogens is 3. The standard InChI is InChI=1S/C9H7ClF2O3/c1-3(9(14)15)6-7(12)5(11)2-4(10)8(6)13/h2-3,13H,1H3,(H,14,15). The maximum Gasteiger partial charge on any atom is 0.310 e. The molecule has 2 N–H and O–H groups in total. The smallest absolute Gasteiger partial charge is 0.310 e. The van der Waals surface area contributed by atoms with Crippen molar-refractivity contribution in [2.24, 2.45) is 0 Å². The highest BCUT2D eigenvalue weighted by molar-refractivity contribution is 6.32. The van der Waals surface area contributed by atoms with E-state index in [1.807, 2.05) is 0 Å². The predicted octanol–water partition coefficient (Wildman–Crippen LogP) is 2.51. The van der Waals surface area contributed by atoms with Gasteiger partial charge in [0.15, 0.2) is 11.6 Å². The number of hydrogen-bond donors (Lipinski definition) is 2. The number of rotatable bonds is 2. The van der Waals surface area contributed by atoms with Gasteiger partial charge in [0.05, 0.1) is 10.9 Å². The van der Waals surface area contributed by atoms with Gasteiger partial charge in [0.1, 0.15) is 5.75 Å². The summed E-state index contributed by atoms with van der Waals surface area (Å²) in [6.07, 6.45) is 0. The van der Waals surface area contributed by atoms with Gasteiger partial charge in [-0.3, -0.25) is 4.79 Å². The number of benzene rings is 1. The van der Waals surface area contributed by atoms with Crippen molar-refractivity contribution in [3.63, 3.8) is 0 Å². The van der Waals surface area contributed by atoms with Gasteiger partial charge in [-0.05, 0) is 13.0 Å². The number of aromatic hydroxyl groups is 1. The fraction of sp³-hybridized carbons (Fsp3) is 0.222. The molecule has 0 bridgehead atoms. The van der Waals surface area contributed by atoms with Crippen LogP contribution in [0.25, 0.3) is 0 Å². The molecule has 0 aliphatic rings. The molecule has 0 heterocycles. The zero-order chi connectivity index (χ0) is 11.7. The molecule has 6 heteroatoms. The summed E-state index contributed by atoms with van der Waals surface area (Å²) in [6.45, 7) is 1.12. The lowest BCUT2D eigenvalue weighted by molar-refractivity contribution is -0.138. The van der Waals surface area contributed by atoms with Crippen molar-refractivity contribution in [2.75, 3.05) is 0 Å². The molecule has 3 nitrogen and oxygen atoms in total. The van der Waals surface area contributed by atoms with E-state index in [-0.39, 0.29) is 0 Å². The highest BCUT2D eigenvalue weighted by Crippen LogP contribution is 2.36. The fourth-order valence-electron chi connectivity index (χ4n) is 1.12. The van der Waals surface area contributed by atoms with Crippen LogP contribution in [-0.2, 0) is 4.79 Å². The van der Waals surface area contributed by atoms with Crippen LogP contribution in [0.4, 0.5) is 8.78 Å². The maximum absolute atomic E-state index is 13.2. The molecule has 0 saturated carbocycles. The Bertz CT molecular complexity index is 394. The first-order valence-corrected chi connectivity index (χ1v) is 4.33. The average Bonchev–Trinajstić information content (AvgIpc) is 2.15. The summed E-state index contributed by atoms with van der Waals surface area (Å²) in [4.78, 5) is 10.6. The molecule has 0 saturated heterocycles. The summed E-state index contributed by atoms with van der Waals surface area (Å²) < 4.78 is 26.1. The van der Waals surface area contributed by atoms with E-state index in [1.165, 1.54) is 0 Å². The van der Waals surface area contributed by atoms with Crippen molar-refractivity contribution in [3.05, 3.63) is 28.3 Å². The number of carbonyl (C=O) groups is 1. The van der Waals surface area contributed by atoms with Crippen LogP contribution in [0.2, 0.25) is 5.02 Å². The fourth-order valence-corrected chi connectivity index (χ4v) is 1.32. The lowest BCUT2D eigenvalue weighted by Crippen LogP contribution is -2.11. The molecule has 1 atom stereocenters. The molecule has 1 aromatic rings. The van der Waals surface area contributed by atoms with Gasteiger partial charge < -0.3 is 10.2 Å². The number of hydrogen-bond acceptors (Lipinski definition) is 2. The third-order valence-electron chi connectivity index (χ3n) is 1.98. The summed E-state index contributed by atoms with van der Waals surface area (Å²) >= 11 is 5.39. The quantitative estimate of drug-likeness (QED) is 0.776. The Morgan fingerprint density at radius 3 is 2.53 bits per heavy atom. The van der Waals surface area contributed by atoms with E-state index in [0.29, 0.717) is 6.07 Å². The van der Waals surface area contributed by atoms with Crippen LogP contribution >= 0.6 is 11.6 Å². The van der Waals surface area contributed by atoms with Crippen LogP contribution < -0.4 is 0 Å². The van der Waals surface area contributed by atoms with Crippen molar-refractivity contribution >= 4 is 17.6 Å². The molecule has 0 spiro atoms. The van der Waals surface area contributed by atoms with Gasteiger partial charge in [-0.25, -0.2) is 8.78 Å². The van der Waals surface area contributed by atoms with Gasteiger partial charge >= 0.3 is 5.97 Å². The van der Waals surface area contributed by atoms with Crippen molar-refractivity contribution in [1.82, 2.24) is 0 Å². The predicted molar refractivity (Wildman–Crippen MR) is 49.1 cm³/mol. The first-order valence-electron chi connectivity index (χ1n) is 3.95. The van der Waals surface area contributed by atoms with Crippen LogP contribution in [0, 0.1) is 11.6 Å². The molecule has 1 unspecified atom stereocenters. The summed E-state index contributed by atoms with van der Waals surface area (Å²) in [5.74, 6) is -6.19. The number of aliphatic carboxylic acids is 1. The molecule has 0 aromatic heterocycles.